The van der Waals surface area contributed by atoms with E-state index in [1.54, 1.807) is 0 Å². The number of hydrogen-bond donors (Lipinski definition) is 2. The average molecular weight is 531 g/mol. The van der Waals surface area contributed by atoms with Gasteiger partial charge in [-0.2, -0.15) is 0 Å². The van der Waals surface area contributed by atoms with Gasteiger partial charge in [0.25, 0.3) is 7.59 Å². The van der Waals surface area contributed by atoms with E-state index in [1.165, 1.54) is 0 Å². The van der Waals surface area contributed by atoms with Gasteiger partial charge in [0.15, 0.2) is 6.10 Å². The van der Waals surface area contributed by atoms with E-state index in [0.29, 0.717) is 16.6 Å². The summed E-state index contributed by atoms with van der Waals surface area (Å²) in [5, 5.41) is 15.5. The van der Waals surface area contributed by atoms with Crippen molar-refractivity contribution in [2.24, 2.45) is 0 Å². The standard InChI is InChI=1S/C17H26Cl6N2O2Si/c1-10(2)28(11(3)4,12(5)6)8-7-13(27-15(25)17(21,22)23)9-26-14(24)16(18,19)20/h10-13,24-25H,9H2,1-6H3. The van der Waals surface area contributed by atoms with Crippen molar-refractivity contribution in [3.05, 3.63) is 0 Å². The van der Waals surface area contributed by atoms with Crippen LogP contribution < -0.4 is 0 Å². The summed E-state index contributed by atoms with van der Waals surface area (Å²) in [7, 11) is -2.08. The van der Waals surface area contributed by atoms with Gasteiger partial charge in [-0.3, -0.25) is 10.8 Å². The summed E-state index contributed by atoms with van der Waals surface area (Å²) in [4.78, 5) is 0. The first kappa shape index (κ1) is 28.5. The Morgan fingerprint density at radius 1 is 0.821 bits per heavy atom. The molecule has 11 heteroatoms. The summed E-state index contributed by atoms with van der Waals surface area (Å²) in [6.45, 7) is 12.7. The fraction of sp³-hybridized carbons (Fsp3) is 0.765. The summed E-state index contributed by atoms with van der Waals surface area (Å²) in [5.74, 6) is 1.84. The number of hydrogen-bond acceptors (Lipinski definition) is 4. The first-order valence-electron chi connectivity index (χ1n) is 8.59. The summed E-state index contributed by atoms with van der Waals surface area (Å²) in [6, 6.07) is 0. The zero-order valence-corrected chi connectivity index (χ0v) is 22.1. The normalized spacial score (nSPS) is 14.0. The largest absolute Gasteiger partial charge is 0.473 e. The maximum atomic E-state index is 7.81. The predicted octanol–water partition coefficient (Wildman–Crippen LogP) is 7.30. The highest BCUT2D eigenvalue weighted by molar-refractivity contribution is 6.90. The average Bonchev–Trinajstić information content (AvgIpc) is 2.49. The molecule has 0 saturated heterocycles. The molecule has 162 valence electrons. The van der Waals surface area contributed by atoms with Crippen LogP contribution in [-0.2, 0) is 9.47 Å². The van der Waals surface area contributed by atoms with Crippen molar-refractivity contribution < 1.29 is 9.47 Å². The Labute approximate surface area is 198 Å². The van der Waals surface area contributed by atoms with Crippen LogP contribution in [0.3, 0.4) is 0 Å². The molecular weight excluding hydrogens is 505 g/mol. The molecule has 0 spiro atoms. The Morgan fingerprint density at radius 3 is 1.54 bits per heavy atom. The van der Waals surface area contributed by atoms with Crippen molar-refractivity contribution in [2.75, 3.05) is 6.61 Å². The Morgan fingerprint density at radius 2 is 1.21 bits per heavy atom. The van der Waals surface area contributed by atoms with Crippen LogP contribution in [0.1, 0.15) is 41.5 Å². The number of ether oxygens (including phenoxy) is 2. The first-order valence-corrected chi connectivity index (χ1v) is 13.1. The van der Waals surface area contributed by atoms with Crippen LogP contribution in [0.15, 0.2) is 0 Å². The highest BCUT2D eigenvalue weighted by Crippen LogP contribution is 2.40. The minimum Gasteiger partial charge on any atom is -0.473 e. The van der Waals surface area contributed by atoms with Gasteiger partial charge in [0.2, 0.25) is 11.8 Å². The van der Waals surface area contributed by atoms with E-state index in [1.807, 2.05) is 0 Å². The van der Waals surface area contributed by atoms with Crippen LogP contribution in [0.4, 0.5) is 0 Å². The smallest absolute Gasteiger partial charge is 0.265 e. The van der Waals surface area contributed by atoms with Crippen LogP contribution in [-0.4, -0.2) is 40.2 Å². The fourth-order valence-corrected chi connectivity index (χ4v) is 8.77. The van der Waals surface area contributed by atoms with Crippen molar-refractivity contribution in [3.8, 4) is 11.5 Å². The summed E-state index contributed by atoms with van der Waals surface area (Å²) in [5.41, 5.74) is 4.59. The van der Waals surface area contributed by atoms with Crippen LogP contribution in [0.25, 0.3) is 0 Å². The van der Waals surface area contributed by atoms with Gasteiger partial charge in [-0.1, -0.05) is 117 Å². The van der Waals surface area contributed by atoms with E-state index < -0.39 is 33.6 Å². The second-order valence-corrected chi connectivity index (χ2v) is 17.4. The number of halogens is 6. The molecule has 28 heavy (non-hydrogen) atoms. The van der Waals surface area contributed by atoms with Crippen molar-refractivity contribution in [1.82, 2.24) is 0 Å². The second kappa shape index (κ2) is 11.2. The van der Waals surface area contributed by atoms with Crippen LogP contribution in [0.2, 0.25) is 16.6 Å². The first-order chi connectivity index (χ1) is 12.5. The molecule has 4 nitrogen and oxygen atoms in total. The third-order valence-corrected chi connectivity index (χ3v) is 11.8. The van der Waals surface area contributed by atoms with Crippen molar-refractivity contribution in [1.29, 1.82) is 10.8 Å². The molecule has 0 radical (unpaired) electrons. The Kier molecular flexibility index (Phi) is 11.4. The lowest BCUT2D eigenvalue weighted by Gasteiger charge is -2.38. The SMILES string of the molecule is CC(C)[Si](C#CC(COC(=N)C(Cl)(Cl)Cl)OC(=N)C(Cl)(Cl)Cl)(C(C)C)C(C)C. The molecule has 0 aliphatic carbocycles. The molecule has 0 aromatic rings. The minimum absolute atomic E-state index is 0.262. The molecule has 0 aliphatic rings. The summed E-state index contributed by atoms with van der Waals surface area (Å²) in [6.07, 6.45) is -0.973. The molecule has 0 rings (SSSR count). The van der Waals surface area contributed by atoms with Crippen LogP contribution >= 0.6 is 69.6 Å². The van der Waals surface area contributed by atoms with Gasteiger partial charge in [0, 0.05) is 0 Å². The zero-order valence-electron chi connectivity index (χ0n) is 16.6. The van der Waals surface area contributed by atoms with Crippen LogP contribution in [0.5, 0.6) is 0 Å². The molecule has 0 saturated carbocycles. The molecule has 0 amide bonds. The van der Waals surface area contributed by atoms with E-state index in [2.05, 4.69) is 53.0 Å². The van der Waals surface area contributed by atoms with Gasteiger partial charge >= 0.3 is 0 Å². The molecule has 2 N–H and O–H groups in total. The zero-order chi connectivity index (χ0) is 22.5. The molecule has 0 aliphatic heterocycles. The lowest BCUT2D eigenvalue weighted by atomic mass is 10.4. The third-order valence-electron chi connectivity index (χ3n) is 4.47. The van der Waals surface area contributed by atoms with Crippen LogP contribution in [0, 0.1) is 22.3 Å². The van der Waals surface area contributed by atoms with Gasteiger partial charge in [-0.15, -0.1) is 5.54 Å². The van der Waals surface area contributed by atoms with E-state index in [-0.39, 0.29) is 6.61 Å². The third kappa shape index (κ3) is 8.30. The van der Waals surface area contributed by atoms with E-state index >= 15 is 0 Å². The van der Waals surface area contributed by atoms with Crippen molar-refractivity contribution >= 4 is 89.5 Å². The van der Waals surface area contributed by atoms with Gasteiger partial charge in [0.1, 0.15) is 14.7 Å². The van der Waals surface area contributed by atoms with Gasteiger partial charge < -0.3 is 9.47 Å². The molecule has 0 fully saturated rings. The maximum Gasteiger partial charge on any atom is 0.265 e. The molecule has 0 aromatic heterocycles. The Balaban J connectivity index is 5.84. The molecular formula is C17H26Cl6N2O2Si. The lowest BCUT2D eigenvalue weighted by molar-refractivity contribution is 0.148. The number of alkyl halides is 6. The quantitative estimate of drug-likeness (QED) is 0.124. The second-order valence-electron chi connectivity index (χ2n) is 7.24. The Bertz CT molecular complexity index is 596. The van der Waals surface area contributed by atoms with Gasteiger partial charge in [-0.05, 0) is 16.6 Å². The predicted molar refractivity (Wildman–Crippen MR) is 126 cm³/mol. The topological polar surface area (TPSA) is 66.2 Å². The number of rotatable bonds is 6. The summed E-state index contributed by atoms with van der Waals surface area (Å²) >= 11 is 34.0. The molecule has 0 bridgehead atoms. The maximum absolute atomic E-state index is 7.81. The Hall–Kier alpha value is 0.457. The minimum atomic E-state index is -2.08. The number of nitrogens with one attached hydrogen (secondary N) is 2. The van der Waals surface area contributed by atoms with Gasteiger partial charge in [0.05, 0.1) is 0 Å². The van der Waals surface area contributed by atoms with Crippen molar-refractivity contribution in [3.63, 3.8) is 0 Å². The lowest BCUT2D eigenvalue weighted by Crippen LogP contribution is -2.43. The highest BCUT2D eigenvalue weighted by atomic mass is 35.6. The monoisotopic (exact) mass is 528 g/mol. The molecule has 1 atom stereocenters. The molecule has 0 heterocycles. The van der Waals surface area contributed by atoms with Gasteiger partial charge in [-0.25, -0.2) is 0 Å². The van der Waals surface area contributed by atoms with Crippen molar-refractivity contribution in [2.45, 2.75) is 71.9 Å². The van der Waals surface area contributed by atoms with E-state index in [9.17, 15) is 0 Å². The van der Waals surface area contributed by atoms with E-state index in [0.717, 1.165) is 0 Å². The highest BCUT2D eigenvalue weighted by Gasteiger charge is 2.42. The summed E-state index contributed by atoms with van der Waals surface area (Å²) < 4.78 is 6.50. The fourth-order valence-electron chi connectivity index (χ4n) is 3.19. The van der Waals surface area contributed by atoms with E-state index in [4.69, 9.17) is 89.9 Å². The molecule has 0 aromatic carbocycles. The molecule has 1 unspecified atom stereocenters.